The first kappa shape index (κ1) is 14.8. The third-order valence-corrected chi connectivity index (χ3v) is 2.57. The molecule has 1 aromatic carbocycles. The number of nitro groups is 1. The summed E-state index contributed by atoms with van der Waals surface area (Å²) in [5.74, 6) is 0. The highest BCUT2D eigenvalue weighted by molar-refractivity contribution is 6.31. The standard InChI is InChI=1S/C11H15ClN2O4/c12-11-7-10(14(16)17)2-1-9(11)8-13-3-5-18-6-4-15/h1-2,7,13,15H,3-6,8H2. The minimum Gasteiger partial charge on any atom is -0.394 e. The van der Waals surface area contributed by atoms with Gasteiger partial charge in [0.15, 0.2) is 0 Å². The summed E-state index contributed by atoms with van der Waals surface area (Å²) in [6.45, 7) is 1.95. The van der Waals surface area contributed by atoms with Gasteiger partial charge in [0.2, 0.25) is 0 Å². The molecule has 0 aliphatic rings. The van der Waals surface area contributed by atoms with Gasteiger partial charge in [-0.05, 0) is 11.6 Å². The Morgan fingerprint density at radius 1 is 1.44 bits per heavy atom. The van der Waals surface area contributed by atoms with Gasteiger partial charge < -0.3 is 15.2 Å². The van der Waals surface area contributed by atoms with Crippen LogP contribution in [0.3, 0.4) is 0 Å². The molecule has 18 heavy (non-hydrogen) atoms. The molecule has 100 valence electrons. The van der Waals surface area contributed by atoms with Gasteiger partial charge >= 0.3 is 0 Å². The van der Waals surface area contributed by atoms with E-state index in [1.807, 2.05) is 0 Å². The number of ether oxygens (including phenoxy) is 1. The van der Waals surface area contributed by atoms with E-state index in [1.54, 1.807) is 6.07 Å². The third-order valence-electron chi connectivity index (χ3n) is 2.22. The molecule has 6 nitrogen and oxygen atoms in total. The van der Waals surface area contributed by atoms with Crippen molar-refractivity contribution in [3.8, 4) is 0 Å². The molecule has 0 aliphatic heterocycles. The van der Waals surface area contributed by atoms with Gasteiger partial charge in [-0.3, -0.25) is 10.1 Å². The van der Waals surface area contributed by atoms with Crippen molar-refractivity contribution >= 4 is 17.3 Å². The van der Waals surface area contributed by atoms with E-state index >= 15 is 0 Å². The number of nitro benzene ring substituents is 1. The van der Waals surface area contributed by atoms with Crippen LogP contribution in [0.5, 0.6) is 0 Å². The Labute approximate surface area is 110 Å². The molecule has 0 aliphatic carbocycles. The van der Waals surface area contributed by atoms with Crippen LogP contribution in [-0.2, 0) is 11.3 Å². The van der Waals surface area contributed by atoms with Crippen LogP contribution in [-0.4, -0.2) is 36.4 Å². The van der Waals surface area contributed by atoms with Crippen molar-refractivity contribution in [3.05, 3.63) is 38.9 Å². The molecule has 0 radical (unpaired) electrons. The van der Waals surface area contributed by atoms with Gasteiger partial charge in [-0.25, -0.2) is 0 Å². The number of benzene rings is 1. The van der Waals surface area contributed by atoms with E-state index in [9.17, 15) is 10.1 Å². The van der Waals surface area contributed by atoms with Crippen LogP contribution in [0.1, 0.15) is 5.56 Å². The van der Waals surface area contributed by atoms with E-state index in [1.165, 1.54) is 12.1 Å². The average Bonchev–Trinajstić information content (AvgIpc) is 2.35. The molecule has 0 saturated carbocycles. The molecule has 7 heteroatoms. The maximum atomic E-state index is 10.5. The first-order valence-electron chi connectivity index (χ1n) is 5.47. The van der Waals surface area contributed by atoms with E-state index in [4.69, 9.17) is 21.4 Å². The SMILES string of the molecule is O=[N+]([O-])c1ccc(CNCCOCCO)c(Cl)c1. The second-order valence-corrected chi connectivity index (χ2v) is 3.95. The zero-order valence-corrected chi connectivity index (χ0v) is 10.5. The average molecular weight is 275 g/mol. The van der Waals surface area contributed by atoms with Crippen LogP contribution in [0.25, 0.3) is 0 Å². The summed E-state index contributed by atoms with van der Waals surface area (Å²) in [6.07, 6.45) is 0. The normalized spacial score (nSPS) is 10.6. The zero-order chi connectivity index (χ0) is 13.4. The molecule has 0 unspecified atom stereocenters. The summed E-state index contributed by atoms with van der Waals surface area (Å²) in [7, 11) is 0. The van der Waals surface area contributed by atoms with E-state index in [-0.39, 0.29) is 12.3 Å². The minimum atomic E-state index is -0.480. The van der Waals surface area contributed by atoms with Crippen LogP contribution in [0.2, 0.25) is 5.02 Å². The number of aliphatic hydroxyl groups excluding tert-OH is 1. The van der Waals surface area contributed by atoms with Crippen LogP contribution in [0, 0.1) is 10.1 Å². The summed E-state index contributed by atoms with van der Waals surface area (Å²) in [6, 6.07) is 4.38. The lowest BCUT2D eigenvalue weighted by atomic mass is 10.2. The van der Waals surface area contributed by atoms with Crippen molar-refractivity contribution in [1.82, 2.24) is 5.32 Å². The number of hydrogen-bond acceptors (Lipinski definition) is 5. The van der Waals surface area contributed by atoms with Crippen LogP contribution >= 0.6 is 11.6 Å². The molecule has 0 atom stereocenters. The first-order valence-corrected chi connectivity index (χ1v) is 5.85. The lowest BCUT2D eigenvalue weighted by Gasteiger charge is -2.07. The third kappa shape index (κ3) is 4.97. The molecular formula is C11H15ClN2O4. The van der Waals surface area contributed by atoms with Gasteiger partial charge in [0.25, 0.3) is 5.69 Å². The number of halogens is 1. The molecule has 0 saturated heterocycles. The van der Waals surface area contributed by atoms with Crippen molar-refractivity contribution in [2.75, 3.05) is 26.4 Å². The van der Waals surface area contributed by atoms with E-state index in [0.29, 0.717) is 31.3 Å². The zero-order valence-electron chi connectivity index (χ0n) is 9.76. The van der Waals surface area contributed by atoms with Gasteiger partial charge in [-0.2, -0.15) is 0 Å². The van der Waals surface area contributed by atoms with Crippen molar-refractivity contribution in [2.24, 2.45) is 0 Å². The molecule has 0 spiro atoms. The molecule has 1 aromatic rings. The molecule has 0 fully saturated rings. The Balaban J connectivity index is 2.36. The van der Waals surface area contributed by atoms with Gasteiger partial charge in [-0.1, -0.05) is 11.6 Å². The van der Waals surface area contributed by atoms with E-state index in [2.05, 4.69) is 5.32 Å². The fraction of sp³-hybridized carbons (Fsp3) is 0.455. The Kier molecular flexibility index (Phi) is 6.59. The summed E-state index contributed by atoms with van der Waals surface area (Å²) in [5, 5.41) is 22.5. The fourth-order valence-electron chi connectivity index (χ4n) is 1.33. The summed E-state index contributed by atoms with van der Waals surface area (Å²) < 4.78 is 5.07. The topological polar surface area (TPSA) is 84.6 Å². The highest BCUT2D eigenvalue weighted by Gasteiger charge is 2.08. The molecule has 0 amide bonds. The highest BCUT2D eigenvalue weighted by Crippen LogP contribution is 2.22. The number of aliphatic hydroxyl groups is 1. The van der Waals surface area contributed by atoms with Crippen molar-refractivity contribution in [1.29, 1.82) is 0 Å². The summed E-state index contributed by atoms with van der Waals surface area (Å²) >= 11 is 5.93. The number of nitrogens with one attached hydrogen (secondary N) is 1. The Morgan fingerprint density at radius 3 is 2.83 bits per heavy atom. The van der Waals surface area contributed by atoms with Crippen molar-refractivity contribution < 1.29 is 14.8 Å². The second kappa shape index (κ2) is 7.99. The van der Waals surface area contributed by atoms with Crippen LogP contribution in [0.15, 0.2) is 18.2 Å². The quantitative estimate of drug-likeness (QED) is 0.425. The van der Waals surface area contributed by atoms with Gasteiger partial charge in [0.05, 0.1) is 29.8 Å². The number of nitrogens with zero attached hydrogens (tertiary/aromatic N) is 1. The highest BCUT2D eigenvalue weighted by atomic mass is 35.5. The van der Waals surface area contributed by atoms with Gasteiger partial charge in [0, 0.05) is 25.2 Å². The predicted molar refractivity (Wildman–Crippen MR) is 67.7 cm³/mol. The Hall–Kier alpha value is -1.21. The largest absolute Gasteiger partial charge is 0.394 e. The maximum absolute atomic E-state index is 10.5. The van der Waals surface area contributed by atoms with E-state index < -0.39 is 4.92 Å². The second-order valence-electron chi connectivity index (χ2n) is 3.55. The molecule has 0 aromatic heterocycles. The number of non-ortho nitro benzene ring substituents is 1. The summed E-state index contributed by atoms with van der Waals surface area (Å²) in [5.41, 5.74) is 0.777. The number of hydrogen-bond donors (Lipinski definition) is 2. The van der Waals surface area contributed by atoms with Gasteiger partial charge in [-0.15, -0.1) is 0 Å². The Bertz CT molecular complexity index is 401. The molecule has 1 rings (SSSR count). The Morgan fingerprint density at radius 2 is 2.22 bits per heavy atom. The fourth-order valence-corrected chi connectivity index (χ4v) is 1.57. The molecular weight excluding hydrogens is 260 g/mol. The monoisotopic (exact) mass is 274 g/mol. The van der Waals surface area contributed by atoms with E-state index in [0.717, 1.165) is 5.56 Å². The molecule has 2 N–H and O–H groups in total. The van der Waals surface area contributed by atoms with Crippen LogP contribution in [0.4, 0.5) is 5.69 Å². The number of rotatable bonds is 8. The molecule has 0 bridgehead atoms. The lowest BCUT2D eigenvalue weighted by Crippen LogP contribution is -2.20. The summed E-state index contributed by atoms with van der Waals surface area (Å²) in [4.78, 5) is 10.0. The van der Waals surface area contributed by atoms with Crippen molar-refractivity contribution in [3.63, 3.8) is 0 Å². The molecule has 0 heterocycles. The van der Waals surface area contributed by atoms with Crippen molar-refractivity contribution in [2.45, 2.75) is 6.54 Å². The minimum absolute atomic E-state index is 0.00812. The van der Waals surface area contributed by atoms with Crippen LogP contribution < -0.4 is 5.32 Å². The van der Waals surface area contributed by atoms with Gasteiger partial charge in [0.1, 0.15) is 0 Å². The first-order chi connectivity index (χ1) is 8.65. The predicted octanol–water partition coefficient (Wildman–Crippen LogP) is 1.35. The maximum Gasteiger partial charge on any atom is 0.270 e. The smallest absolute Gasteiger partial charge is 0.270 e. The lowest BCUT2D eigenvalue weighted by molar-refractivity contribution is -0.384.